The van der Waals surface area contributed by atoms with Crippen molar-refractivity contribution in [1.29, 1.82) is 0 Å². The molecule has 192 valence electrons. The third kappa shape index (κ3) is 9.18. The fourth-order valence-corrected chi connectivity index (χ4v) is 3.86. The van der Waals surface area contributed by atoms with Gasteiger partial charge in [0.05, 0.1) is 39.1 Å². The summed E-state index contributed by atoms with van der Waals surface area (Å²) in [4.78, 5) is 11.9. The van der Waals surface area contributed by atoms with Crippen LogP contribution in [0.15, 0.2) is 91.0 Å². The molecule has 0 heterocycles. The highest BCUT2D eigenvalue weighted by Gasteiger charge is 2.36. The molecule has 0 fully saturated rings. The predicted octanol–water partition coefficient (Wildman–Crippen LogP) is 3.23. The summed E-state index contributed by atoms with van der Waals surface area (Å²) in [5.74, 6) is -0.320. The second-order valence-corrected chi connectivity index (χ2v) is 8.58. The van der Waals surface area contributed by atoms with Crippen molar-refractivity contribution in [2.75, 3.05) is 13.2 Å². The quantitative estimate of drug-likeness (QED) is 0.301. The maximum absolute atomic E-state index is 11.9. The van der Waals surface area contributed by atoms with Crippen molar-refractivity contribution < 1.29 is 29.2 Å². The Balaban J connectivity index is 1.78. The lowest BCUT2D eigenvalue weighted by Gasteiger charge is -2.35. The van der Waals surface area contributed by atoms with E-state index in [9.17, 15) is 15.0 Å². The predicted molar refractivity (Wildman–Crippen MR) is 137 cm³/mol. The number of rotatable bonds is 15. The van der Waals surface area contributed by atoms with Gasteiger partial charge >= 0.3 is 0 Å². The molecule has 7 heteroatoms. The average molecular weight is 494 g/mol. The molecule has 0 aliphatic carbocycles. The van der Waals surface area contributed by atoms with Crippen LogP contribution in [0.1, 0.15) is 23.6 Å². The maximum Gasteiger partial charge on any atom is 0.217 e. The van der Waals surface area contributed by atoms with E-state index in [0.29, 0.717) is 6.61 Å². The Bertz CT molecular complexity index is 1000. The van der Waals surface area contributed by atoms with Gasteiger partial charge in [-0.05, 0) is 16.7 Å². The molecule has 3 aromatic carbocycles. The zero-order valence-electron chi connectivity index (χ0n) is 20.5. The molecule has 1 amide bonds. The molecule has 4 atom stereocenters. The number of aliphatic hydroxyl groups excluding tert-OH is 2. The molecule has 0 aliphatic heterocycles. The number of carbonyl (C=O) groups excluding carboxylic acids is 1. The summed E-state index contributed by atoms with van der Waals surface area (Å²) in [6.45, 7) is 1.72. The molecule has 4 unspecified atom stereocenters. The minimum absolute atomic E-state index is 0.0161. The van der Waals surface area contributed by atoms with Gasteiger partial charge in [-0.2, -0.15) is 0 Å². The molecule has 0 aliphatic rings. The number of nitrogens with one attached hydrogen (secondary N) is 1. The van der Waals surface area contributed by atoms with E-state index in [1.165, 1.54) is 6.92 Å². The Morgan fingerprint density at radius 3 is 1.64 bits per heavy atom. The summed E-state index contributed by atoms with van der Waals surface area (Å²) in [6.07, 6.45) is -2.83. The van der Waals surface area contributed by atoms with Crippen molar-refractivity contribution in [1.82, 2.24) is 5.32 Å². The van der Waals surface area contributed by atoms with E-state index in [-0.39, 0.29) is 32.3 Å². The normalized spacial score (nSPS) is 14.5. The molecule has 36 heavy (non-hydrogen) atoms. The number of ether oxygens (including phenoxy) is 3. The van der Waals surface area contributed by atoms with E-state index in [4.69, 9.17) is 14.2 Å². The van der Waals surface area contributed by atoms with Gasteiger partial charge in [0.1, 0.15) is 18.3 Å². The van der Waals surface area contributed by atoms with E-state index >= 15 is 0 Å². The summed E-state index contributed by atoms with van der Waals surface area (Å²) in [5, 5.41) is 24.0. The van der Waals surface area contributed by atoms with Crippen molar-refractivity contribution >= 4 is 5.91 Å². The number of hydrogen-bond donors (Lipinski definition) is 3. The first-order valence-corrected chi connectivity index (χ1v) is 12.1. The van der Waals surface area contributed by atoms with Gasteiger partial charge in [-0.25, -0.2) is 0 Å². The SMILES string of the molecule is CC(=O)NC(CO)C(OCc1ccccc1)C(OCc1ccccc1)C(O)COCc1ccccc1. The van der Waals surface area contributed by atoms with E-state index < -0.39 is 24.4 Å². The molecular weight excluding hydrogens is 458 g/mol. The number of benzene rings is 3. The van der Waals surface area contributed by atoms with Crippen LogP contribution in [-0.4, -0.2) is 53.7 Å². The van der Waals surface area contributed by atoms with Crippen LogP contribution in [0.4, 0.5) is 0 Å². The van der Waals surface area contributed by atoms with Gasteiger partial charge in [0.15, 0.2) is 0 Å². The number of hydrogen-bond acceptors (Lipinski definition) is 6. The zero-order chi connectivity index (χ0) is 25.6. The first-order valence-electron chi connectivity index (χ1n) is 12.1. The van der Waals surface area contributed by atoms with Crippen molar-refractivity contribution in [2.45, 2.75) is 51.1 Å². The Morgan fingerprint density at radius 2 is 1.19 bits per heavy atom. The number of carbonyl (C=O) groups is 1. The van der Waals surface area contributed by atoms with Crippen molar-refractivity contribution in [3.8, 4) is 0 Å². The Morgan fingerprint density at radius 1 is 0.750 bits per heavy atom. The third-order valence-corrected chi connectivity index (χ3v) is 5.66. The van der Waals surface area contributed by atoms with Crippen LogP contribution in [0.25, 0.3) is 0 Å². The van der Waals surface area contributed by atoms with E-state index in [0.717, 1.165) is 16.7 Å². The first-order chi connectivity index (χ1) is 17.6. The van der Waals surface area contributed by atoms with Crippen LogP contribution in [0.2, 0.25) is 0 Å². The van der Waals surface area contributed by atoms with E-state index in [2.05, 4.69) is 5.32 Å². The van der Waals surface area contributed by atoms with Crippen molar-refractivity contribution in [3.63, 3.8) is 0 Å². The molecule has 0 spiro atoms. The molecule has 0 radical (unpaired) electrons. The minimum Gasteiger partial charge on any atom is -0.394 e. The fourth-order valence-electron chi connectivity index (χ4n) is 3.86. The Labute approximate surface area is 212 Å². The zero-order valence-corrected chi connectivity index (χ0v) is 20.5. The summed E-state index contributed by atoms with van der Waals surface area (Å²) in [5.41, 5.74) is 2.82. The molecular formula is C29H35NO6. The van der Waals surface area contributed by atoms with Crippen molar-refractivity contribution in [3.05, 3.63) is 108 Å². The van der Waals surface area contributed by atoms with Gasteiger partial charge < -0.3 is 29.7 Å². The van der Waals surface area contributed by atoms with Gasteiger partial charge in [0.2, 0.25) is 5.91 Å². The minimum atomic E-state index is -1.08. The lowest BCUT2D eigenvalue weighted by molar-refractivity contribution is -0.161. The first kappa shape index (κ1) is 27.5. The van der Waals surface area contributed by atoms with Crippen LogP contribution < -0.4 is 5.32 Å². The molecule has 0 bridgehead atoms. The van der Waals surface area contributed by atoms with E-state index in [1.54, 1.807) is 0 Å². The smallest absolute Gasteiger partial charge is 0.217 e. The molecule has 3 aromatic rings. The third-order valence-electron chi connectivity index (χ3n) is 5.66. The summed E-state index contributed by atoms with van der Waals surface area (Å²) >= 11 is 0. The molecule has 0 saturated heterocycles. The van der Waals surface area contributed by atoms with Crippen LogP contribution >= 0.6 is 0 Å². The number of aliphatic hydroxyl groups is 2. The Kier molecular flexibility index (Phi) is 11.6. The Hall–Kier alpha value is -3.07. The summed E-state index contributed by atoms with van der Waals surface area (Å²) in [7, 11) is 0. The molecule has 3 N–H and O–H groups in total. The topological polar surface area (TPSA) is 97.3 Å². The van der Waals surface area contributed by atoms with Crippen molar-refractivity contribution in [2.24, 2.45) is 0 Å². The lowest BCUT2D eigenvalue weighted by Crippen LogP contribution is -2.56. The highest BCUT2D eigenvalue weighted by molar-refractivity contribution is 5.73. The van der Waals surface area contributed by atoms with Gasteiger partial charge in [-0.3, -0.25) is 4.79 Å². The standard InChI is InChI=1S/C29H35NO6/c1-22(32)30-26(17-31)28(35-19-24-13-7-3-8-14-24)29(36-20-25-15-9-4-10-16-25)27(33)21-34-18-23-11-5-2-6-12-23/h2-16,26-29,31,33H,17-21H2,1H3,(H,30,32). The van der Waals surface area contributed by atoms with Crippen LogP contribution in [0.5, 0.6) is 0 Å². The van der Waals surface area contributed by atoms with Gasteiger partial charge in [0, 0.05) is 6.92 Å². The molecule has 0 saturated carbocycles. The lowest BCUT2D eigenvalue weighted by atomic mass is 10.0. The van der Waals surface area contributed by atoms with Gasteiger partial charge in [-0.15, -0.1) is 0 Å². The van der Waals surface area contributed by atoms with Gasteiger partial charge in [-0.1, -0.05) is 91.0 Å². The summed E-state index contributed by atoms with van der Waals surface area (Å²) < 4.78 is 18.2. The molecule has 3 rings (SSSR count). The van der Waals surface area contributed by atoms with Crippen LogP contribution in [0.3, 0.4) is 0 Å². The van der Waals surface area contributed by atoms with Crippen LogP contribution in [-0.2, 0) is 38.8 Å². The highest BCUT2D eigenvalue weighted by Crippen LogP contribution is 2.19. The van der Waals surface area contributed by atoms with Gasteiger partial charge in [0.25, 0.3) is 0 Å². The van der Waals surface area contributed by atoms with Crippen LogP contribution in [0, 0.1) is 0 Å². The average Bonchev–Trinajstić information content (AvgIpc) is 2.91. The molecule has 0 aromatic heterocycles. The monoisotopic (exact) mass is 493 g/mol. The summed E-state index contributed by atoms with van der Waals surface area (Å²) in [6, 6.07) is 28.0. The molecule has 7 nitrogen and oxygen atoms in total. The maximum atomic E-state index is 11.9. The largest absolute Gasteiger partial charge is 0.394 e. The fraction of sp³-hybridized carbons (Fsp3) is 0.345. The highest BCUT2D eigenvalue weighted by atomic mass is 16.6. The second kappa shape index (κ2) is 15.1. The second-order valence-electron chi connectivity index (χ2n) is 8.58. The number of amides is 1. The van der Waals surface area contributed by atoms with E-state index in [1.807, 2.05) is 91.0 Å².